The summed E-state index contributed by atoms with van der Waals surface area (Å²) in [5.41, 5.74) is 0.839. The summed E-state index contributed by atoms with van der Waals surface area (Å²) in [5, 5.41) is 8.14. The highest BCUT2D eigenvalue weighted by atomic mass is 16.7. The van der Waals surface area contributed by atoms with Crippen LogP contribution in [-0.2, 0) is 20.8 Å². The van der Waals surface area contributed by atoms with Gasteiger partial charge in [0.25, 0.3) is 0 Å². The van der Waals surface area contributed by atoms with Gasteiger partial charge in [0, 0.05) is 0 Å². The van der Waals surface area contributed by atoms with Crippen LogP contribution >= 0.6 is 0 Å². The van der Waals surface area contributed by atoms with Gasteiger partial charge in [-0.05, 0) is 5.56 Å². The lowest BCUT2D eigenvalue weighted by molar-refractivity contribution is 0.0259. The van der Waals surface area contributed by atoms with Crippen molar-refractivity contribution in [3.63, 3.8) is 0 Å². The van der Waals surface area contributed by atoms with Crippen LogP contribution in [0.4, 0.5) is 9.59 Å². The Labute approximate surface area is 97.7 Å². The van der Waals surface area contributed by atoms with E-state index in [4.69, 9.17) is 9.84 Å². The molecule has 0 saturated heterocycles. The molecule has 0 bridgehead atoms. The number of rotatable bonds is 5. The third-order valence-corrected chi connectivity index (χ3v) is 1.73. The number of carbonyl (C=O) groups excluding carboxylic acids is 1. The standard InChI is InChI=1S/C11H12O6/c12-10(13)15-6-7-16-11(14)17-8-9-4-2-1-3-5-9/h1-5H,6-8H2,(H,12,13). The van der Waals surface area contributed by atoms with Crippen LogP contribution in [0.15, 0.2) is 30.3 Å². The lowest BCUT2D eigenvalue weighted by atomic mass is 10.2. The first-order valence-corrected chi connectivity index (χ1v) is 4.87. The fourth-order valence-corrected chi connectivity index (χ4v) is 1.01. The van der Waals surface area contributed by atoms with Gasteiger partial charge in [0.2, 0.25) is 0 Å². The third kappa shape index (κ3) is 6.03. The van der Waals surface area contributed by atoms with Gasteiger partial charge < -0.3 is 19.3 Å². The quantitative estimate of drug-likeness (QED) is 0.626. The minimum absolute atomic E-state index is 0.111. The number of carbonyl (C=O) groups is 2. The molecule has 92 valence electrons. The van der Waals surface area contributed by atoms with Gasteiger partial charge in [-0.3, -0.25) is 0 Å². The Hall–Kier alpha value is -2.24. The molecule has 6 nitrogen and oxygen atoms in total. The summed E-state index contributed by atoms with van der Waals surface area (Å²) in [6.45, 7) is -0.269. The maximum absolute atomic E-state index is 11.0. The minimum atomic E-state index is -1.41. The molecule has 17 heavy (non-hydrogen) atoms. The van der Waals surface area contributed by atoms with Crippen molar-refractivity contribution in [2.45, 2.75) is 6.61 Å². The molecule has 0 amide bonds. The van der Waals surface area contributed by atoms with E-state index in [-0.39, 0.29) is 19.8 Å². The average molecular weight is 240 g/mol. The van der Waals surface area contributed by atoms with E-state index in [0.717, 1.165) is 5.56 Å². The SMILES string of the molecule is O=C(O)OCCOC(=O)OCc1ccccc1. The third-order valence-electron chi connectivity index (χ3n) is 1.73. The molecule has 0 aliphatic carbocycles. The van der Waals surface area contributed by atoms with Crippen LogP contribution in [0.25, 0.3) is 0 Å². The maximum Gasteiger partial charge on any atom is 0.508 e. The Morgan fingerprint density at radius 3 is 2.29 bits per heavy atom. The molecule has 0 radical (unpaired) electrons. The van der Waals surface area contributed by atoms with Crippen LogP contribution in [0.5, 0.6) is 0 Å². The van der Waals surface area contributed by atoms with Gasteiger partial charge in [0.1, 0.15) is 19.8 Å². The average Bonchev–Trinajstić information content (AvgIpc) is 2.33. The Kier molecular flexibility index (Phi) is 5.36. The fourth-order valence-electron chi connectivity index (χ4n) is 1.01. The summed E-state index contributed by atoms with van der Waals surface area (Å²) in [6, 6.07) is 9.11. The first-order chi connectivity index (χ1) is 8.18. The molecular formula is C11H12O6. The summed E-state index contributed by atoms with van der Waals surface area (Å²) >= 11 is 0. The number of ether oxygens (including phenoxy) is 3. The lowest BCUT2D eigenvalue weighted by Gasteiger charge is -2.05. The van der Waals surface area contributed by atoms with Crippen molar-refractivity contribution in [1.29, 1.82) is 0 Å². The van der Waals surface area contributed by atoms with Gasteiger partial charge in [-0.2, -0.15) is 0 Å². The van der Waals surface area contributed by atoms with Crippen LogP contribution in [0.1, 0.15) is 5.56 Å². The first-order valence-electron chi connectivity index (χ1n) is 4.87. The van der Waals surface area contributed by atoms with Gasteiger partial charge in [-0.15, -0.1) is 0 Å². The van der Waals surface area contributed by atoms with Crippen molar-refractivity contribution in [3.05, 3.63) is 35.9 Å². The molecule has 0 spiro atoms. The van der Waals surface area contributed by atoms with Gasteiger partial charge in [-0.1, -0.05) is 30.3 Å². The number of hydrogen-bond donors (Lipinski definition) is 1. The van der Waals surface area contributed by atoms with Crippen LogP contribution in [0, 0.1) is 0 Å². The topological polar surface area (TPSA) is 82.1 Å². The molecule has 0 saturated carbocycles. The maximum atomic E-state index is 11.0. The predicted molar refractivity (Wildman–Crippen MR) is 56.6 cm³/mol. The Balaban J connectivity index is 2.11. The van der Waals surface area contributed by atoms with Crippen molar-refractivity contribution in [2.75, 3.05) is 13.2 Å². The van der Waals surface area contributed by atoms with Crippen LogP contribution < -0.4 is 0 Å². The van der Waals surface area contributed by atoms with E-state index in [1.807, 2.05) is 18.2 Å². The van der Waals surface area contributed by atoms with Crippen LogP contribution in [0.2, 0.25) is 0 Å². The molecule has 1 N–H and O–H groups in total. The van der Waals surface area contributed by atoms with Crippen LogP contribution in [0.3, 0.4) is 0 Å². The number of benzene rings is 1. The highest BCUT2D eigenvalue weighted by Gasteiger charge is 2.04. The second kappa shape index (κ2) is 7.10. The summed E-state index contributed by atoms with van der Waals surface area (Å²) < 4.78 is 13.5. The lowest BCUT2D eigenvalue weighted by Crippen LogP contribution is -2.13. The predicted octanol–water partition coefficient (Wildman–Crippen LogP) is 2.03. The normalized spacial score (nSPS) is 9.41. The van der Waals surface area contributed by atoms with E-state index in [0.29, 0.717) is 0 Å². The number of hydrogen-bond acceptors (Lipinski definition) is 5. The summed E-state index contributed by atoms with van der Waals surface area (Å²) in [5.74, 6) is 0. The smallest absolute Gasteiger partial charge is 0.450 e. The fraction of sp³-hybridized carbons (Fsp3) is 0.273. The largest absolute Gasteiger partial charge is 0.508 e. The van der Waals surface area contributed by atoms with Gasteiger partial charge in [0.15, 0.2) is 0 Å². The Morgan fingerprint density at radius 1 is 1.00 bits per heavy atom. The molecule has 1 aromatic rings. The van der Waals surface area contributed by atoms with Gasteiger partial charge >= 0.3 is 12.3 Å². The molecule has 0 aliphatic heterocycles. The van der Waals surface area contributed by atoms with E-state index in [2.05, 4.69) is 9.47 Å². The summed E-state index contributed by atoms with van der Waals surface area (Å²) in [6.07, 6.45) is -2.27. The molecule has 0 atom stereocenters. The zero-order chi connectivity index (χ0) is 12.5. The molecule has 0 heterocycles. The molecule has 0 unspecified atom stereocenters. The molecule has 0 fully saturated rings. The summed E-state index contributed by atoms with van der Waals surface area (Å²) in [7, 11) is 0. The molecule has 0 aromatic heterocycles. The van der Waals surface area contributed by atoms with E-state index < -0.39 is 12.3 Å². The van der Waals surface area contributed by atoms with Gasteiger partial charge in [-0.25, -0.2) is 9.59 Å². The second-order valence-corrected chi connectivity index (χ2v) is 2.99. The molecule has 0 aliphatic rings. The molecule has 1 rings (SSSR count). The highest BCUT2D eigenvalue weighted by Crippen LogP contribution is 2.01. The highest BCUT2D eigenvalue weighted by molar-refractivity contribution is 5.60. The minimum Gasteiger partial charge on any atom is -0.450 e. The van der Waals surface area contributed by atoms with Gasteiger partial charge in [0.05, 0.1) is 0 Å². The zero-order valence-corrected chi connectivity index (χ0v) is 9.00. The van der Waals surface area contributed by atoms with E-state index in [1.165, 1.54) is 0 Å². The van der Waals surface area contributed by atoms with Crippen molar-refractivity contribution >= 4 is 12.3 Å². The first kappa shape index (κ1) is 12.8. The van der Waals surface area contributed by atoms with E-state index in [9.17, 15) is 9.59 Å². The molecule has 1 aromatic carbocycles. The van der Waals surface area contributed by atoms with Crippen molar-refractivity contribution in [1.82, 2.24) is 0 Å². The second-order valence-electron chi connectivity index (χ2n) is 2.99. The number of carboxylic acid groups (broad SMARTS) is 1. The zero-order valence-electron chi connectivity index (χ0n) is 9.00. The van der Waals surface area contributed by atoms with Crippen molar-refractivity contribution in [3.8, 4) is 0 Å². The van der Waals surface area contributed by atoms with E-state index >= 15 is 0 Å². The Morgan fingerprint density at radius 2 is 1.65 bits per heavy atom. The van der Waals surface area contributed by atoms with Crippen molar-refractivity contribution in [2.24, 2.45) is 0 Å². The summed E-state index contributed by atoms with van der Waals surface area (Å²) in [4.78, 5) is 21.0. The Bertz CT molecular complexity index is 361. The molecule has 6 heteroatoms. The van der Waals surface area contributed by atoms with Crippen molar-refractivity contribution < 1.29 is 28.9 Å². The van der Waals surface area contributed by atoms with Crippen LogP contribution in [-0.4, -0.2) is 30.6 Å². The monoisotopic (exact) mass is 240 g/mol. The molecular weight excluding hydrogens is 228 g/mol. The van der Waals surface area contributed by atoms with E-state index in [1.54, 1.807) is 12.1 Å².